The molecule has 2 heteroatoms. The van der Waals surface area contributed by atoms with Gasteiger partial charge in [-0.05, 0) is 76.9 Å². The number of hydrogen-bond acceptors (Lipinski definition) is 2. The first-order valence-corrected chi connectivity index (χ1v) is 12.9. The van der Waals surface area contributed by atoms with Crippen molar-refractivity contribution >= 4 is 17.1 Å². The Morgan fingerprint density at radius 3 is 1.47 bits per heavy atom. The van der Waals surface area contributed by atoms with Crippen LogP contribution < -0.4 is 9.64 Å². The summed E-state index contributed by atoms with van der Waals surface area (Å²) in [7, 11) is 0. The Balaban J connectivity index is 1.29. The Bertz CT molecular complexity index is 1680. The van der Waals surface area contributed by atoms with Crippen LogP contribution >= 0.6 is 0 Å². The van der Waals surface area contributed by atoms with E-state index in [-0.39, 0.29) is 0 Å². The summed E-state index contributed by atoms with van der Waals surface area (Å²) in [5.74, 6) is 1.76. The molecular weight excluding hydrogens is 462 g/mol. The van der Waals surface area contributed by atoms with E-state index >= 15 is 0 Å². The third kappa shape index (κ3) is 3.93. The predicted molar refractivity (Wildman–Crippen MR) is 158 cm³/mol. The van der Waals surface area contributed by atoms with E-state index in [0.717, 1.165) is 50.8 Å². The first-order chi connectivity index (χ1) is 18.8. The molecule has 1 aliphatic heterocycles. The van der Waals surface area contributed by atoms with Gasteiger partial charge < -0.3 is 9.64 Å². The van der Waals surface area contributed by atoms with Gasteiger partial charge in [-0.15, -0.1) is 0 Å². The number of para-hydroxylation sites is 3. The minimum Gasteiger partial charge on any atom is -0.456 e. The van der Waals surface area contributed by atoms with Crippen LogP contribution in [-0.2, 0) is 0 Å². The van der Waals surface area contributed by atoms with Crippen LogP contribution in [0.3, 0.4) is 0 Å². The summed E-state index contributed by atoms with van der Waals surface area (Å²) in [5, 5.41) is 0. The maximum absolute atomic E-state index is 6.42. The van der Waals surface area contributed by atoms with Crippen molar-refractivity contribution in [2.45, 2.75) is 0 Å². The van der Waals surface area contributed by atoms with Gasteiger partial charge in [-0.3, -0.25) is 0 Å². The molecule has 0 bridgehead atoms. The van der Waals surface area contributed by atoms with Crippen molar-refractivity contribution in [3.05, 3.63) is 152 Å². The van der Waals surface area contributed by atoms with Crippen LogP contribution in [0.15, 0.2) is 152 Å². The molecule has 0 atom stereocenters. The SMILES string of the molecule is c1ccc(N(c2ccccc2)c2ccc(-c3ccc4c(c3)-c3ccccc3-c3ccccc3O4)cc2)cc1. The van der Waals surface area contributed by atoms with E-state index in [9.17, 15) is 0 Å². The number of benzene rings is 6. The van der Waals surface area contributed by atoms with Crippen molar-refractivity contribution in [3.8, 4) is 44.9 Å². The molecule has 0 saturated carbocycles. The van der Waals surface area contributed by atoms with Gasteiger partial charge in [0.15, 0.2) is 0 Å². The first-order valence-electron chi connectivity index (χ1n) is 12.9. The van der Waals surface area contributed by atoms with Crippen LogP contribution in [-0.4, -0.2) is 0 Å². The maximum Gasteiger partial charge on any atom is 0.135 e. The van der Waals surface area contributed by atoms with E-state index in [1.165, 1.54) is 11.1 Å². The molecule has 0 spiro atoms. The first kappa shape index (κ1) is 22.1. The second kappa shape index (κ2) is 9.42. The topological polar surface area (TPSA) is 12.5 Å². The minimum atomic E-state index is 0.877. The predicted octanol–water partition coefficient (Wildman–Crippen LogP) is 10.3. The summed E-state index contributed by atoms with van der Waals surface area (Å²) >= 11 is 0. The van der Waals surface area contributed by atoms with Crippen molar-refractivity contribution in [3.63, 3.8) is 0 Å². The molecule has 0 N–H and O–H groups in total. The molecule has 0 radical (unpaired) electrons. The molecule has 38 heavy (non-hydrogen) atoms. The summed E-state index contributed by atoms with van der Waals surface area (Å²) in [6.07, 6.45) is 0. The largest absolute Gasteiger partial charge is 0.456 e. The highest BCUT2D eigenvalue weighted by atomic mass is 16.5. The summed E-state index contributed by atoms with van der Waals surface area (Å²) in [6.45, 7) is 0. The summed E-state index contributed by atoms with van der Waals surface area (Å²) in [5.41, 5.74) is 10.3. The number of hydrogen-bond donors (Lipinski definition) is 0. The minimum absolute atomic E-state index is 0.877. The standard InChI is InChI=1S/C36H25NO/c1-3-11-28(12-4-1)37(29-13-5-2-6-14-29)30-22-19-26(20-23-30)27-21-24-36-34(25-27)32-16-8-7-15-31(32)33-17-9-10-18-35(33)38-36/h1-25H. The number of ether oxygens (including phenoxy) is 1. The Morgan fingerprint density at radius 1 is 0.342 bits per heavy atom. The van der Waals surface area contributed by atoms with E-state index in [1.54, 1.807) is 0 Å². The zero-order chi connectivity index (χ0) is 25.3. The quantitative estimate of drug-likeness (QED) is 0.245. The van der Waals surface area contributed by atoms with Gasteiger partial charge in [-0.1, -0.05) is 97.1 Å². The lowest BCUT2D eigenvalue weighted by atomic mass is 9.92. The molecule has 6 aromatic carbocycles. The van der Waals surface area contributed by atoms with E-state index in [1.807, 2.05) is 12.1 Å². The second-order valence-corrected chi connectivity index (χ2v) is 9.41. The Morgan fingerprint density at radius 2 is 0.816 bits per heavy atom. The smallest absolute Gasteiger partial charge is 0.135 e. The van der Waals surface area contributed by atoms with Gasteiger partial charge in [0.25, 0.3) is 0 Å². The lowest BCUT2D eigenvalue weighted by molar-refractivity contribution is 0.488. The molecule has 0 aliphatic carbocycles. The van der Waals surface area contributed by atoms with Gasteiger partial charge in [0.1, 0.15) is 11.5 Å². The average molecular weight is 488 g/mol. The monoisotopic (exact) mass is 487 g/mol. The van der Waals surface area contributed by atoms with Crippen molar-refractivity contribution in [1.82, 2.24) is 0 Å². The van der Waals surface area contributed by atoms with Crippen LogP contribution in [0, 0.1) is 0 Å². The molecule has 2 nitrogen and oxygen atoms in total. The number of nitrogens with zero attached hydrogens (tertiary/aromatic N) is 1. The van der Waals surface area contributed by atoms with Gasteiger partial charge in [0.2, 0.25) is 0 Å². The average Bonchev–Trinajstić information content (AvgIpc) is 3.13. The van der Waals surface area contributed by atoms with E-state index in [0.29, 0.717) is 0 Å². The fraction of sp³-hybridized carbons (Fsp3) is 0. The lowest BCUT2D eigenvalue weighted by Crippen LogP contribution is -2.09. The molecule has 0 saturated heterocycles. The maximum atomic E-state index is 6.42. The van der Waals surface area contributed by atoms with Gasteiger partial charge in [-0.25, -0.2) is 0 Å². The van der Waals surface area contributed by atoms with E-state index in [4.69, 9.17) is 4.74 Å². The fourth-order valence-electron chi connectivity index (χ4n) is 5.26. The zero-order valence-corrected chi connectivity index (χ0v) is 20.8. The highest BCUT2D eigenvalue weighted by Gasteiger charge is 2.20. The van der Waals surface area contributed by atoms with Crippen LogP contribution in [0.2, 0.25) is 0 Å². The van der Waals surface area contributed by atoms with Gasteiger partial charge in [-0.2, -0.15) is 0 Å². The molecule has 0 aromatic heterocycles. The van der Waals surface area contributed by atoms with Gasteiger partial charge >= 0.3 is 0 Å². The highest BCUT2D eigenvalue weighted by molar-refractivity contribution is 5.92. The molecule has 0 unspecified atom stereocenters. The molecule has 0 amide bonds. The number of anilines is 3. The van der Waals surface area contributed by atoms with Crippen LogP contribution in [0.5, 0.6) is 11.5 Å². The molecule has 1 aliphatic rings. The van der Waals surface area contributed by atoms with Crippen molar-refractivity contribution in [1.29, 1.82) is 0 Å². The zero-order valence-electron chi connectivity index (χ0n) is 20.8. The van der Waals surface area contributed by atoms with Crippen molar-refractivity contribution in [2.75, 3.05) is 4.90 Å². The summed E-state index contributed by atoms with van der Waals surface area (Å²) in [6, 6.07) is 53.1. The third-order valence-corrected chi connectivity index (χ3v) is 7.08. The second-order valence-electron chi connectivity index (χ2n) is 9.41. The Labute approximate surface area is 223 Å². The number of fused-ring (bicyclic) bond motifs is 5. The van der Waals surface area contributed by atoms with E-state index in [2.05, 4.69) is 144 Å². The molecule has 0 fully saturated rings. The molecule has 6 aromatic rings. The van der Waals surface area contributed by atoms with Gasteiger partial charge in [0, 0.05) is 28.2 Å². The van der Waals surface area contributed by atoms with Crippen molar-refractivity contribution < 1.29 is 4.74 Å². The fourth-order valence-corrected chi connectivity index (χ4v) is 5.26. The normalized spacial score (nSPS) is 11.4. The van der Waals surface area contributed by atoms with Crippen molar-refractivity contribution in [2.24, 2.45) is 0 Å². The molecule has 180 valence electrons. The summed E-state index contributed by atoms with van der Waals surface area (Å²) < 4.78 is 6.42. The summed E-state index contributed by atoms with van der Waals surface area (Å²) in [4.78, 5) is 2.28. The molecule has 7 rings (SSSR count). The number of rotatable bonds is 4. The Kier molecular flexibility index (Phi) is 5.49. The van der Waals surface area contributed by atoms with Crippen LogP contribution in [0.1, 0.15) is 0 Å². The lowest BCUT2D eigenvalue weighted by Gasteiger charge is -2.25. The van der Waals surface area contributed by atoms with Gasteiger partial charge in [0.05, 0.1) is 0 Å². The van der Waals surface area contributed by atoms with E-state index < -0.39 is 0 Å². The highest BCUT2D eigenvalue weighted by Crippen LogP contribution is 2.47. The molecule has 1 heterocycles. The Hall–Kier alpha value is -5.08. The van der Waals surface area contributed by atoms with Crippen LogP contribution in [0.25, 0.3) is 33.4 Å². The van der Waals surface area contributed by atoms with Crippen LogP contribution in [0.4, 0.5) is 17.1 Å². The third-order valence-electron chi connectivity index (χ3n) is 7.08. The molecular formula is C36H25NO.